The van der Waals surface area contributed by atoms with E-state index in [2.05, 4.69) is 64.2 Å². The van der Waals surface area contributed by atoms with Crippen molar-refractivity contribution in [1.29, 1.82) is 0 Å². The van der Waals surface area contributed by atoms with Crippen LogP contribution in [0.15, 0.2) is 78.4 Å². The van der Waals surface area contributed by atoms with E-state index in [1.807, 2.05) is 82.7 Å². The molecule has 6 heterocycles. The number of aromatic nitrogens is 4. The van der Waals surface area contributed by atoms with Crippen LogP contribution in [0.1, 0.15) is 101 Å². The summed E-state index contributed by atoms with van der Waals surface area (Å²) in [6.07, 6.45) is 9.70. The van der Waals surface area contributed by atoms with Gasteiger partial charge in [-0.3, -0.25) is 14.4 Å². The number of pyridine rings is 1. The van der Waals surface area contributed by atoms with Crippen molar-refractivity contribution in [3.8, 4) is 27.4 Å². The van der Waals surface area contributed by atoms with Crippen LogP contribution in [-0.4, -0.2) is 135 Å². The highest BCUT2D eigenvalue weighted by Gasteiger charge is 2.50. The lowest BCUT2D eigenvalue weighted by Crippen LogP contribution is -2.59. The topological polar surface area (TPSA) is 192 Å². The lowest BCUT2D eigenvalue weighted by molar-refractivity contribution is -0.145. The molecule has 2 saturated carbocycles. The summed E-state index contributed by atoms with van der Waals surface area (Å²) in [5.41, 5.74) is 8.10. The van der Waals surface area contributed by atoms with Crippen LogP contribution >= 0.6 is 11.3 Å². The summed E-state index contributed by atoms with van der Waals surface area (Å²) in [5, 5.41) is 39.4. The van der Waals surface area contributed by atoms with E-state index in [0.29, 0.717) is 35.6 Å². The number of rotatable bonds is 13. The van der Waals surface area contributed by atoms with E-state index in [-0.39, 0.29) is 47.8 Å². The summed E-state index contributed by atoms with van der Waals surface area (Å²) in [6, 6.07) is 20.6. The monoisotopic (exact) mass is 1020 g/mol. The largest absolute Gasteiger partial charge is 0.507 e. The number of aromatic hydroxyl groups is 1. The van der Waals surface area contributed by atoms with Gasteiger partial charge < -0.3 is 45.8 Å². The van der Waals surface area contributed by atoms with Gasteiger partial charge in [-0.1, -0.05) is 63.2 Å². The first-order chi connectivity index (χ1) is 35.6. The zero-order chi connectivity index (χ0) is 51.7. The van der Waals surface area contributed by atoms with Gasteiger partial charge >= 0.3 is 0 Å². The minimum absolute atomic E-state index is 0.0497. The molecule has 2 aliphatic carbocycles. The summed E-state index contributed by atoms with van der Waals surface area (Å²) < 4.78 is 0. The van der Waals surface area contributed by atoms with Gasteiger partial charge in [0.2, 0.25) is 17.7 Å². The lowest BCUT2D eigenvalue weighted by atomic mass is 9.56. The molecule has 16 nitrogen and oxygen atoms in total. The first-order valence-electron chi connectivity index (χ1n) is 26.7. The maximum Gasteiger partial charge on any atom is 0.246 e. The zero-order valence-electron chi connectivity index (χ0n) is 43.6. The van der Waals surface area contributed by atoms with Gasteiger partial charge in [0, 0.05) is 76.5 Å². The number of phenolic OH excluding ortho intramolecular Hbond substituents is 1. The van der Waals surface area contributed by atoms with E-state index in [1.54, 1.807) is 23.5 Å². The van der Waals surface area contributed by atoms with Crippen LogP contribution in [0.5, 0.6) is 5.75 Å². The number of hydrogen-bond acceptors (Lipinski definition) is 14. The molecule has 3 aromatic heterocycles. The average molecular weight is 1020 g/mol. The number of hydrogen-bond donors (Lipinski definition) is 5. The third-order valence-electron chi connectivity index (χ3n) is 16.9. The molecule has 5 N–H and O–H groups in total. The number of aliphatic hydroxyl groups is 1. The maximum absolute atomic E-state index is 14.3. The molecular weight excluding hydrogens is 951 g/mol. The van der Waals surface area contributed by atoms with Crippen molar-refractivity contribution in [1.82, 2.24) is 40.6 Å². The third-order valence-corrected chi connectivity index (χ3v) is 17.8. The van der Waals surface area contributed by atoms with Crippen LogP contribution < -0.4 is 25.8 Å². The van der Waals surface area contributed by atoms with Crippen LogP contribution in [0.25, 0.3) is 21.7 Å². The summed E-state index contributed by atoms with van der Waals surface area (Å²) in [6.45, 7) is 13.6. The fourth-order valence-corrected chi connectivity index (χ4v) is 13.2. The number of amides is 3. The fourth-order valence-electron chi connectivity index (χ4n) is 12.4. The number of β-amino-alcohol motifs (C(OH)–C–C–N with tert-alkyl or cyclic N) is 1. The van der Waals surface area contributed by atoms with E-state index in [1.165, 1.54) is 23.3 Å². The number of likely N-dealkylation sites (tertiary alicyclic amines) is 2. The Morgan fingerprint density at radius 2 is 1.58 bits per heavy atom. The Morgan fingerprint density at radius 3 is 2.23 bits per heavy atom. The van der Waals surface area contributed by atoms with Gasteiger partial charge in [0.1, 0.15) is 23.7 Å². The van der Waals surface area contributed by atoms with Crippen molar-refractivity contribution in [3.05, 3.63) is 95.3 Å². The van der Waals surface area contributed by atoms with Crippen LogP contribution in [0, 0.1) is 23.7 Å². The third kappa shape index (κ3) is 11.0. The number of anilines is 3. The fraction of sp³-hybridized carbons (Fsp3) is 0.526. The van der Waals surface area contributed by atoms with Crippen molar-refractivity contribution in [2.75, 3.05) is 68.0 Å². The average Bonchev–Trinajstić information content (AvgIpc) is 4.03. The van der Waals surface area contributed by atoms with Crippen molar-refractivity contribution in [2.24, 2.45) is 16.7 Å². The van der Waals surface area contributed by atoms with Crippen LogP contribution in [0.2, 0.25) is 0 Å². The second-order valence-electron chi connectivity index (χ2n) is 22.7. The minimum atomic E-state index is -0.835. The first kappa shape index (κ1) is 51.3. The molecule has 3 atom stereocenters. The second-order valence-corrected chi connectivity index (χ2v) is 23.5. The molecule has 5 aliphatic rings. The number of nitrogens with one attached hydrogen (secondary N) is 3. The predicted octanol–water partition coefficient (Wildman–Crippen LogP) is 7.37. The number of thiazole rings is 1. The highest BCUT2D eigenvalue weighted by molar-refractivity contribution is 7.13. The van der Waals surface area contributed by atoms with Gasteiger partial charge in [-0.25, -0.2) is 9.97 Å². The van der Waals surface area contributed by atoms with Gasteiger partial charge in [0.15, 0.2) is 5.82 Å². The van der Waals surface area contributed by atoms with Gasteiger partial charge in [-0.2, -0.15) is 0 Å². The van der Waals surface area contributed by atoms with Crippen LogP contribution in [-0.2, 0) is 20.9 Å². The second kappa shape index (κ2) is 21.6. The van der Waals surface area contributed by atoms with Gasteiger partial charge in [-0.15, -0.1) is 21.5 Å². The molecule has 10 rings (SSSR count). The Bertz CT molecular complexity index is 2770. The molecule has 0 unspecified atom stereocenters. The molecule has 5 aromatic rings. The van der Waals surface area contributed by atoms with Crippen LogP contribution in [0.3, 0.4) is 0 Å². The number of aryl methyl sites for hydroxylation is 1. The molecule has 392 valence electrons. The van der Waals surface area contributed by atoms with Crippen molar-refractivity contribution < 1.29 is 24.6 Å². The zero-order valence-corrected chi connectivity index (χ0v) is 44.4. The molecule has 74 heavy (non-hydrogen) atoms. The predicted molar refractivity (Wildman–Crippen MR) is 290 cm³/mol. The van der Waals surface area contributed by atoms with E-state index in [4.69, 9.17) is 4.98 Å². The van der Waals surface area contributed by atoms with Gasteiger partial charge in [0.05, 0.1) is 33.6 Å². The number of phenols is 1. The number of para-hydroxylation sites is 1. The first-order valence-corrected chi connectivity index (χ1v) is 27.6. The molecule has 1 spiro atoms. The van der Waals surface area contributed by atoms with Crippen molar-refractivity contribution >= 4 is 46.4 Å². The number of carbonyl (C=O) groups is 3. The minimum Gasteiger partial charge on any atom is -0.507 e. The Labute approximate surface area is 439 Å². The van der Waals surface area contributed by atoms with E-state index >= 15 is 0 Å². The molecule has 3 saturated heterocycles. The molecular formula is C57H73N11O5S. The van der Waals surface area contributed by atoms with Crippen molar-refractivity contribution in [3.63, 3.8) is 0 Å². The molecule has 0 radical (unpaired) electrons. The molecule has 0 bridgehead atoms. The molecule has 3 amide bonds. The number of carbonyl (C=O) groups excluding carboxylic acids is 3. The number of nitrogens with zero attached hydrogens (tertiary/aromatic N) is 8. The number of benzene rings is 2. The Morgan fingerprint density at radius 1 is 0.865 bits per heavy atom. The van der Waals surface area contributed by atoms with Gasteiger partial charge in [-0.05, 0) is 129 Å². The smallest absolute Gasteiger partial charge is 0.246 e. The molecule has 5 fully saturated rings. The number of piperidine rings is 1. The number of piperazine rings is 1. The van der Waals surface area contributed by atoms with Gasteiger partial charge in [0.25, 0.3) is 0 Å². The summed E-state index contributed by atoms with van der Waals surface area (Å²) in [5.74, 6) is 1.53. The standard InChI is InChI=1S/C57H73N11O5S/c1-36-50(74-35-61-36)39-12-10-37(11-13-39)32-60-54(72)47-28-43(69)34-68(47)55(73)51(56(2,3)4)62-53(71)40-16-20-57(21-17-40)30-42(31-57)65-22-18-38(19-23-65)41-14-15-49(59-33-41)67-26-24-66(25-27-67)46-29-45(63-64-52(46)58-5)44-8-6-7-9-48(44)70/h6-15,29,33,35,38,40,42-43,47,51,69-70H,16-28,30-32,34H2,1-5H3,(H,58,64)(H,60,72)(H,62,71)/t40?,42?,43-,47+,51-,57?/m1/s1. The van der Waals surface area contributed by atoms with E-state index in [9.17, 15) is 24.6 Å². The summed E-state index contributed by atoms with van der Waals surface area (Å²) in [4.78, 5) is 61.3. The Kier molecular flexibility index (Phi) is 15.0. The highest BCUT2D eigenvalue weighted by atomic mass is 32.1. The van der Waals surface area contributed by atoms with Crippen molar-refractivity contribution in [2.45, 2.75) is 122 Å². The molecule has 2 aromatic carbocycles. The Hall–Kier alpha value is -6.17. The molecule has 3 aliphatic heterocycles. The SMILES string of the molecule is CNc1nnc(-c2ccccc2O)cc1N1CCN(c2ccc(C3CCN(C4CC5(CCC(C(=O)N[C@H](C(=O)N6C[C@H](O)C[C@H]6C(=O)NCc6ccc(-c7scnc7C)cc6)C(C)(C)C)CC5)C4)CC3)cn2)CC1. The Balaban J connectivity index is 0.659. The summed E-state index contributed by atoms with van der Waals surface area (Å²) >= 11 is 1.59. The van der Waals surface area contributed by atoms with Crippen LogP contribution in [0.4, 0.5) is 17.3 Å². The maximum atomic E-state index is 14.3. The summed E-state index contributed by atoms with van der Waals surface area (Å²) in [7, 11) is 1.85. The van der Waals surface area contributed by atoms with E-state index < -0.39 is 23.6 Å². The quantitative estimate of drug-likeness (QED) is 0.0786. The number of aliphatic hydroxyl groups excluding tert-OH is 1. The lowest BCUT2D eigenvalue weighted by Gasteiger charge is -2.55. The normalized spacial score (nSPS) is 24.1. The molecule has 17 heteroatoms. The van der Waals surface area contributed by atoms with E-state index in [0.717, 1.165) is 111 Å². The highest BCUT2D eigenvalue weighted by Crippen LogP contribution is 2.55.